The molecule has 2 aromatic rings. The van der Waals surface area contributed by atoms with Gasteiger partial charge in [0.2, 0.25) is 5.91 Å². The molecule has 1 amide bonds. The molecule has 3 atom stereocenters. The van der Waals surface area contributed by atoms with Crippen molar-refractivity contribution < 1.29 is 9.18 Å². The third-order valence-electron chi connectivity index (χ3n) is 5.73. The minimum Gasteiger partial charge on any atom is -0.334 e. The van der Waals surface area contributed by atoms with Gasteiger partial charge in [-0.05, 0) is 74.5 Å². The first-order chi connectivity index (χ1) is 13.2. The number of halogens is 1. The zero-order chi connectivity index (χ0) is 18.6. The van der Waals surface area contributed by atoms with Crippen LogP contribution in [0.15, 0.2) is 48.7 Å². The molecule has 2 fully saturated rings. The molecule has 1 saturated carbocycles. The Bertz CT molecular complexity index is 757. The summed E-state index contributed by atoms with van der Waals surface area (Å²) in [7, 11) is 0. The molecule has 0 spiro atoms. The van der Waals surface area contributed by atoms with Crippen molar-refractivity contribution in [2.24, 2.45) is 5.92 Å². The van der Waals surface area contributed by atoms with E-state index >= 15 is 0 Å². The molecule has 4 nitrogen and oxygen atoms in total. The quantitative estimate of drug-likeness (QED) is 0.880. The second-order valence-corrected chi connectivity index (χ2v) is 7.62. The number of aromatic nitrogens is 1. The third-order valence-corrected chi connectivity index (χ3v) is 5.73. The van der Waals surface area contributed by atoms with Crippen LogP contribution in [0.4, 0.5) is 4.39 Å². The van der Waals surface area contributed by atoms with Gasteiger partial charge in [-0.3, -0.25) is 9.78 Å². The summed E-state index contributed by atoms with van der Waals surface area (Å²) in [4.78, 5) is 19.9. The lowest BCUT2D eigenvalue weighted by Crippen LogP contribution is -2.41. The van der Waals surface area contributed by atoms with E-state index in [0.717, 1.165) is 50.0 Å². The Labute approximate surface area is 159 Å². The fraction of sp³-hybridized carbons (Fsp3) is 0.455. The summed E-state index contributed by atoms with van der Waals surface area (Å²) in [5.41, 5.74) is 2.00. The van der Waals surface area contributed by atoms with Crippen molar-refractivity contribution >= 4 is 5.91 Å². The molecule has 0 radical (unpaired) electrons. The van der Waals surface area contributed by atoms with Crippen molar-refractivity contribution in [1.29, 1.82) is 0 Å². The van der Waals surface area contributed by atoms with Crippen LogP contribution in [-0.2, 0) is 11.3 Å². The molecule has 1 aliphatic carbocycles. The molecule has 2 heterocycles. The number of pyridine rings is 1. The highest BCUT2D eigenvalue weighted by molar-refractivity contribution is 5.83. The van der Waals surface area contributed by atoms with Crippen molar-refractivity contribution in [2.45, 2.75) is 44.2 Å². The van der Waals surface area contributed by atoms with Gasteiger partial charge in [-0.2, -0.15) is 0 Å². The van der Waals surface area contributed by atoms with Crippen molar-refractivity contribution in [3.8, 4) is 0 Å². The van der Waals surface area contributed by atoms with Gasteiger partial charge in [-0.1, -0.05) is 18.2 Å². The average Bonchev–Trinajstić information content (AvgIpc) is 3.51. The fourth-order valence-electron chi connectivity index (χ4n) is 4.12. The van der Waals surface area contributed by atoms with Crippen molar-refractivity contribution in [1.82, 2.24) is 15.2 Å². The Kier molecular flexibility index (Phi) is 5.48. The van der Waals surface area contributed by atoms with Gasteiger partial charge in [-0.25, -0.2) is 4.39 Å². The molecule has 1 saturated heterocycles. The number of carbonyl (C=O) groups excluding carboxylic acids is 1. The Morgan fingerprint density at radius 1 is 1.15 bits per heavy atom. The number of rotatable bonds is 5. The van der Waals surface area contributed by atoms with E-state index < -0.39 is 0 Å². The maximum absolute atomic E-state index is 13.4. The number of hydrogen-bond acceptors (Lipinski definition) is 3. The number of hydrogen-bond donors (Lipinski definition) is 1. The highest BCUT2D eigenvalue weighted by atomic mass is 19.1. The van der Waals surface area contributed by atoms with E-state index in [1.165, 1.54) is 12.1 Å². The van der Waals surface area contributed by atoms with E-state index in [0.29, 0.717) is 6.54 Å². The lowest BCUT2D eigenvalue weighted by molar-refractivity contribution is -0.136. The van der Waals surface area contributed by atoms with Crippen LogP contribution >= 0.6 is 0 Å². The molecule has 2 aliphatic rings. The standard InChI is InChI=1S/C22H26FN3O/c23-17-8-6-16(7-9-17)20-14-21(20)22(27)26(15-18-4-1-2-12-25-18)19-5-3-11-24-13-10-19/h1-2,4,6-9,12,19-21,24H,3,5,10-11,13-15H2. The maximum Gasteiger partial charge on any atom is 0.226 e. The van der Waals surface area contributed by atoms with E-state index in [1.54, 1.807) is 6.20 Å². The maximum atomic E-state index is 13.4. The highest BCUT2D eigenvalue weighted by Gasteiger charge is 2.46. The number of nitrogens with one attached hydrogen (secondary N) is 1. The summed E-state index contributed by atoms with van der Waals surface area (Å²) >= 11 is 0. The average molecular weight is 367 g/mol. The van der Waals surface area contributed by atoms with Crippen LogP contribution in [0.1, 0.15) is 42.9 Å². The first-order valence-electron chi connectivity index (χ1n) is 9.89. The monoisotopic (exact) mass is 367 g/mol. The lowest BCUT2D eigenvalue weighted by atomic mass is 10.0. The van der Waals surface area contributed by atoms with Crippen LogP contribution in [0.3, 0.4) is 0 Å². The van der Waals surface area contributed by atoms with E-state index in [4.69, 9.17) is 0 Å². The summed E-state index contributed by atoms with van der Waals surface area (Å²) in [5, 5.41) is 3.43. The summed E-state index contributed by atoms with van der Waals surface area (Å²) < 4.78 is 13.2. The minimum absolute atomic E-state index is 0.00962. The summed E-state index contributed by atoms with van der Waals surface area (Å²) in [6.45, 7) is 2.53. The van der Waals surface area contributed by atoms with Gasteiger partial charge in [0.1, 0.15) is 5.82 Å². The molecular formula is C22H26FN3O. The van der Waals surface area contributed by atoms with E-state index in [2.05, 4.69) is 15.2 Å². The smallest absolute Gasteiger partial charge is 0.226 e. The highest BCUT2D eigenvalue weighted by Crippen LogP contribution is 2.49. The summed E-state index contributed by atoms with van der Waals surface area (Å²) in [6.07, 6.45) is 5.73. The molecule has 1 aromatic heterocycles. The topological polar surface area (TPSA) is 45.2 Å². The van der Waals surface area contributed by atoms with Gasteiger partial charge in [-0.15, -0.1) is 0 Å². The van der Waals surface area contributed by atoms with Gasteiger partial charge < -0.3 is 10.2 Å². The van der Waals surface area contributed by atoms with Gasteiger partial charge >= 0.3 is 0 Å². The normalized spacial score (nSPS) is 24.9. The first-order valence-corrected chi connectivity index (χ1v) is 9.89. The second kappa shape index (κ2) is 8.17. The molecular weight excluding hydrogens is 341 g/mol. The molecule has 1 aromatic carbocycles. The fourth-order valence-corrected chi connectivity index (χ4v) is 4.12. The molecule has 1 aliphatic heterocycles. The Balaban J connectivity index is 1.50. The second-order valence-electron chi connectivity index (χ2n) is 7.62. The number of nitrogens with zero attached hydrogens (tertiary/aromatic N) is 2. The summed E-state index contributed by atoms with van der Waals surface area (Å²) in [6, 6.07) is 12.7. The zero-order valence-corrected chi connectivity index (χ0v) is 15.5. The number of benzene rings is 1. The third kappa shape index (κ3) is 4.35. The van der Waals surface area contributed by atoms with Crippen molar-refractivity contribution in [3.63, 3.8) is 0 Å². The predicted molar refractivity (Wildman–Crippen MR) is 103 cm³/mol. The van der Waals surface area contributed by atoms with Crippen LogP contribution < -0.4 is 5.32 Å². The van der Waals surface area contributed by atoms with Crippen LogP contribution in [0, 0.1) is 11.7 Å². The van der Waals surface area contributed by atoms with E-state index in [9.17, 15) is 9.18 Å². The largest absolute Gasteiger partial charge is 0.334 e. The van der Waals surface area contributed by atoms with Gasteiger partial charge in [0.05, 0.1) is 12.2 Å². The molecule has 4 rings (SSSR count). The van der Waals surface area contributed by atoms with Gasteiger partial charge in [0, 0.05) is 18.2 Å². The molecule has 27 heavy (non-hydrogen) atoms. The van der Waals surface area contributed by atoms with Crippen LogP contribution in [0.2, 0.25) is 0 Å². The van der Waals surface area contributed by atoms with Gasteiger partial charge in [0.25, 0.3) is 0 Å². The Hall–Kier alpha value is -2.27. The van der Waals surface area contributed by atoms with Crippen LogP contribution in [-0.4, -0.2) is 34.9 Å². The van der Waals surface area contributed by atoms with Crippen LogP contribution in [0.5, 0.6) is 0 Å². The Morgan fingerprint density at radius 3 is 2.78 bits per heavy atom. The minimum atomic E-state index is -0.231. The first kappa shape index (κ1) is 18.1. The molecule has 0 bridgehead atoms. The predicted octanol–water partition coefficient (Wildman–Crippen LogP) is 3.50. The lowest BCUT2D eigenvalue weighted by Gasteiger charge is -2.31. The van der Waals surface area contributed by atoms with Crippen molar-refractivity contribution in [3.05, 3.63) is 65.7 Å². The van der Waals surface area contributed by atoms with E-state index in [1.807, 2.05) is 30.3 Å². The SMILES string of the molecule is O=C(C1CC1c1ccc(F)cc1)N(Cc1ccccn1)C1CCCNCC1. The molecule has 3 unspecified atom stereocenters. The zero-order valence-electron chi connectivity index (χ0n) is 15.5. The van der Waals surface area contributed by atoms with Crippen molar-refractivity contribution in [2.75, 3.05) is 13.1 Å². The molecule has 5 heteroatoms. The number of carbonyl (C=O) groups is 1. The summed E-state index contributed by atoms with van der Waals surface area (Å²) in [5.74, 6) is 0.218. The van der Waals surface area contributed by atoms with Crippen LogP contribution in [0.25, 0.3) is 0 Å². The number of amides is 1. The molecule has 142 valence electrons. The molecule has 1 N–H and O–H groups in total. The van der Waals surface area contributed by atoms with Gasteiger partial charge in [0.15, 0.2) is 0 Å². The van der Waals surface area contributed by atoms with E-state index in [-0.39, 0.29) is 29.6 Å². The Morgan fingerprint density at radius 2 is 2.00 bits per heavy atom.